The molecule has 0 aliphatic carbocycles. The van der Waals surface area contributed by atoms with Gasteiger partial charge in [0.1, 0.15) is 25.6 Å². The Morgan fingerprint density at radius 2 is 0.818 bits per heavy atom. The van der Waals surface area contributed by atoms with Crippen molar-refractivity contribution in [1.82, 2.24) is 0 Å². The molecule has 0 aliphatic heterocycles. The van der Waals surface area contributed by atoms with Gasteiger partial charge in [0.15, 0.2) is 11.5 Å². The van der Waals surface area contributed by atoms with Crippen molar-refractivity contribution in [2.24, 2.45) is 0 Å². The largest absolute Gasteiger partial charge is 0.489 e. The monoisotopic (exact) mass is 438 g/mol. The van der Waals surface area contributed by atoms with Crippen LogP contribution in [0.3, 0.4) is 0 Å². The molecule has 0 bridgehead atoms. The highest BCUT2D eigenvalue weighted by Gasteiger charge is 2.10. The smallest absolute Gasteiger partial charge is 0.165 e. The molecular weight excluding hydrogens is 408 g/mol. The number of aryl methyl sites for hydroxylation is 3. The minimum Gasteiger partial charge on any atom is -0.489 e. The van der Waals surface area contributed by atoms with Gasteiger partial charge in [-0.25, -0.2) is 0 Å². The molecule has 4 rings (SSSR count). The lowest BCUT2D eigenvalue weighted by Gasteiger charge is -2.15. The van der Waals surface area contributed by atoms with Crippen LogP contribution in [0, 0.1) is 20.8 Å². The zero-order valence-corrected chi connectivity index (χ0v) is 19.5. The average Bonchev–Trinajstić information content (AvgIpc) is 2.83. The standard InChI is InChI=1S/C30H30O3/c1-22-4-10-25(11-5-22)19-31-28-16-17-29(32-20-26-12-6-23(2)7-13-26)30(18-28)33-21-27-14-8-24(3)9-15-27/h4-18H,19-21H2,1-3H3. The molecule has 0 heterocycles. The Bertz CT molecular complexity index is 1160. The quantitative estimate of drug-likeness (QED) is 0.273. The second kappa shape index (κ2) is 10.7. The first kappa shape index (κ1) is 22.5. The molecule has 0 unspecified atom stereocenters. The Morgan fingerprint density at radius 1 is 0.424 bits per heavy atom. The molecule has 4 aromatic rings. The normalized spacial score (nSPS) is 10.6. The maximum atomic E-state index is 6.17. The Kier molecular flexibility index (Phi) is 7.31. The highest BCUT2D eigenvalue weighted by atomic mass is 16.5. The van der Waals surface area contributed by atoms with Crippen LogP contribution in [0.1, 0.15) is 33.4 Å². The van der Waals surface area contributed by atoms with E-state index in [1.165, 1.54) is 16.7 Å². The Hall–Kier alpha value is -3.72. The summed E-state index contributed by atoms with van der Waals surface area (Å²) in [5.41, 5.74) is 7.05. The number of ether oxygens (including phenoxy) is 3. The zero-order chi connectivity index (χ0) is 23.0. The van der Waals surface area contributed by atoms with Crippen LogP contribution < -0.4 is 14.2 Å². The summed E-state index contributed by atoms with van der Waals surface area (Å²) in [6.07, 6.45) is 0. The molecule has 0 aromatic heterocycles. The molecule has 0 saturated heterocycles. The Balaban J connectivity index is 1.48. The molecule has 0 radical (unpaired) electrons. The summed E-state index contributed by atoms with van der Waals surface area (Å²) in [6, 6.07) is 30.8. The Morgan fingerprint density at radius 3 is 1.27 bits per heavy atom. The molecule has 3 nitrogen and oxygen atoms in total. The van der Waals surface area contributed by atoms with Gasteiger partial charge in [0.25, 0.3) is 0 Å². The van der Waals surface area contributed by atoms with E-state index >= 15 is 0 Å². The van der Waals surface area contributed by atoms with Crippen molar-refractivity contribution in [2.75, 3.05) is 0 Å². The third kappa shape index (κ3) is 6.63. The molecule has 0 saturated carbocycles. The first-order chi connectivity index (χ1) is 16.0. The summed E-state index contributed by atoms with van der Waals surface area (Å²) in [5, 5.41) is 0. The number of hydrogen-bond donors (Lipinski definition) is 0. The maximum Gasteiger partial charge on any atom is 0.165 e. The van der Waals surface area contributed by atoms with Crippen LogP contribution in [0.5, 0.6) is 17.2 Å². The molecule has 0 aliphatic rings. The van der Waals surface area contributed by atoms with E-state index in [1.54, 1.807) is 0 Å². The predicted molar refractivity (Wildman–Crippen MR) is 133 cm³/mol. The van der Waals surface area contributed by atoms with E-state index in [0.717, 1.165) is 22.4 Å². The van der Waals surface area contributed by atoms with Crippen molar-refractivity contribution in [3.63, 3.8) is 0 Å². The molecule has 0 N–H and O–H groups in total. The topological polar surface area (TPSA) is 27.7 Å². The van der Waals surface area contributed by atoms with Crippen LogP contribution in [0.15, 0.2) is 91.0 Å². The van der Waals surface area contributed by atoms with Crippen molar-refractivity contribution in [3.8, 4) is 17.2 Å². The molecule has 0 fully saturated rings. The van der Waals surface area contributed by atoms with Gasteiger partial charge < -0.3 is 14.2 Å². The van der Waals surface area contributed by atoms with E-state index in [1.807, 2.05) is 18.2 Å². The number of rotatable bonds is 9. The summed E-state index contributed by atoms with van der Waals surface area (Å²) in [4.78, 5) is 0. The fourth-order valence-corrected chi connectivity index (χ4v) is 3.35. The summed E-state index contributed by atoms with van der Waals surface area (Å²) in [6.45, 7) is 7.68. The maximum absolute atomic E-state index is 6.17. The molecule has 0 atom stereocenters. The highest BCUT2D eigenvalue weighted by molar-refractivity contribution is 5.46. The van der Waals surface area contributed by atoms with Crippen LogP contribution in [0.4, 0.5) is 0 Å². The lowest BCUT2D eigenvalue weighted by molar-refractivity contribution is 0.251. The van der Waals surface area contributed by atoms with Gasteiger partial charge >= 0.3 is 0 Å². The van der Waals surface area contributed by atoms with E-state index in [-0.39, 0.29) is 0 Å². The van der Waals surface area contributed by atoms with Gasteiger partial charge in [0.2, 0.25) is 0 Å². The van der Waals surface area contributed by atoms with Gasteiger partial charge in [-0.3, -0.25) is 0 Å². The van der Waals surface area contributed by atoms with Crippen molar-refractivity contribution in [3.05, 3.63) is 124 Å². The van der Waals surface area contributed by atoms with Crippen LogP contribution in [0.25, 0.3) is 0 Å². The lowest BCUT2D eigenvalue weighted by atomic mass is 10.1. The van der Waals surface area contributed by atoms with Crippen LogP contribution >= 0.6 is 0 Å². The summed E-state index contributed by atoms with van der Waals surface area (Å²) < 4.78 is 18.3. The first-order valence-corrected chi connectivity index (χ1v) is 11.2. The van der Waals surface area contributed by atoms with Gasteiger partial charge in [-0.1, -0.05) is 89.5 Å². The third-order valence-corrected chi connectivity index (χ3v) is 5.47. The van der Waals surface area contributed by atoms with Crippen molar-refractivity contribution >= 4 is 0 Å². The van der Waals surface area contributed by atoms with E-state index < -0.39 is 0 Å². The summed E-state index contributed by atoms with van der Waals surface area (Å²) in [7, 11) is 0. The van der Waals surface area contributed by atoms with Gasteiger partial charge in [-0.05, 0) is 49.6 Å². The van der Waals surface area contributed by atoms with E-state index in [4.69, 9.17) is 14.2 Å². The third-order valence-electron chi connectivity index (χ3n) is 5.47. The molecule has 4 aromatic carbocycles. The van der Waals surface area contributed by atoms with Crippen LogP contribution in [-0.4, -0.2) is 0 Å². The number of hydrogen-bond acceptors (Lipinski definition) is 3. The van der Waals surface area contributed by atoms with E-state index in [2.05, 4.69) is 93.6 Å². The molecular formula is C30H30O3. The van der Waals surface area contributed by atoms with Gasteiger partial charge in [0, 0.05) is 6.07 Å². The van der Waals surface area contributed by atoms with Gasteiger partial charge in [-0.15, -0.1) is 0 Å². The van der Waals surface area contributed by atoms with E-state index in [0.29, 0.717) is 31.3 Å². The van der Waals surface area contributed by atoms with Crippen LogP contribution in [-0.2, 0) is 19.8 Å². The van der Waals surface area contributed by atoms with Crippen molar-refractivity contribution in [1.29, 1.82) is 0 Å². The second-order valence-corrected chi connectivity index (χ2v) is 8.43. The lowest BCUT2D eigenvalue weighted by Crippen LogP contribution is -2.02. The van der Waals surface area contributed by atoms with Gasteiger partial charge in [-0.2, -0.15) is 0 Å². The zero-order valence-electron chi connectivity index (χ0n) is 19.5. The number of benzene rings is 4. The molecule has 0 amide bonds. The predicted octanol–water partition coefficient (Wildman–Crippen LogP) is 7.35. The van der Waals surface area contributed by atoms with Crippen molar-refractivity contribution in [2.45, 2.75) is 40.6 Å². The highest BCUT2D eigenvalue weighted by Crippen LogP contribution is 2.33. The van der Waals surface area contributed by atoms with E-state index in [9.17, 15) is 0 Å². The van der Waals surface area contributed by atoms with Crippen molar-refractivity contribution < 1.29 is 14.2 Å². The SMILES string of the molecule is Cc1ccc(COc2ccc(OCc3ccc(C)cc3)c(OCc3ccc(C)cc3)c2)cc1. The summed E-state index contributed by atoms with van der Waals surface area (Å²) in [5.74, 6) is 2.12. The molecule has 168 valence electrons. The first-order valence-electron chi connectivity index (χ1n) is 11.2. The minimum atomic E-state index is 0.461. The fraction of sp³-hybridized carbons (Fsp3) is 0.200. The molecule has 3 heteroatoms. The average molecular weight is 439 g/mol. The minimum absolute atomic E-state index is 0.461. The van der Waals surface area contributed by atoms with Crippen LogP contribution in [0.2, 0.25) is 0 Å². The molecule has 0 spiro atoms. The Labute approximate surface area is 196 Å². The second-order valence-electron chi connectivity index (χ2n) is 8.43. The molecule has 33 heavy (non-hydrogen) atoms. The fourth-order valence-electron chi connectivity index (χ4n) is 3.35. The summed E-state index contributed by atoms with van der Waals surface area (Å²) >= 11 is 0. The van der Waals surface area contributed by atoms with Gasteiger partial charge in [0.05, 0.1) is 0 Å².